The molecule has 0 aliphatic heterocycles. The summed E-state index contributed by atoms with van der Waals surface area (Å²) < 4.78 is 2.43. The first-order valence-corrected chi connectivity index (χ1v) is 7.21. The number of para-hydroxylation sites is 2. The Balaban J connectivity index is 2.15. The molecule has 0 saturated carbocycles. The average Bonchev–Trinajstić information content (AvgIpc) is 2.83. The van der Waals surface area contributed by atoms with Gasteiger partial charge in [0.2, 0.25) is 0 Å². The molecule has 0 radical (unpaired) electrons. The summed E-state index contributed by atoms with van der Waals surface area (Å²) in [4.78, 5) is 0. The van der Waals surface area contributed by atoms with Gasteiger partial charge < -0.3 is 4.57 Å². The highest BCUT2D eigenvalue weighted by Crippen LogP contribution is 2.35. The lowest BCUT2D eigenvalue weighted by atomic mass is 9.98. The van der Waals surface area contributed by atoms with Crippen molar-refractivity contribution in [2.75, 3.05) is 0 Å². The van der Waals surface area contributed by atoms with Crippen molar-refractivity contribution in [1.29, 1.82) is 0 Å². The lowest BCUT2D eigenvalue weighted by Crippen LogP contribution is -2.07. The predicted molar refractivity (Wildman–Crippen MR) is 86.6 cm³/mol. The maximum Gasteiger partial charge on any atom is 0.0537 e. The Morgan fingerprint density at radius 1 is 0.900 bits per heavy atom. The van der Waals surface area contributed by atoms with E-state index in [-0.39, 0.29) is 0 Å². The third-order valence-corrected chi connectivity index (χ3v) is 4.24. The van der Waals surface area contributed by atoms with Crippen LogP contribution in [0.1, 0.15) is 13.3 Å². The second-order valence-corrected chi connectivity index (χ2v) is 5.53. The van der Waals surface area contributed by atoms with E-state index in [2.05, 4.69) is 78.2 Å². The molecule has 0 saturated heterocycles. The molecule has 1 aliphatic rings. The van der Waals surface area contributed by atoms with Gasteiger partial charge in [-0.2, -0.15) is 0 Å². The van der Waals surface area contributed by atoms with Gasteiger partial charge in [-0.1, -0.05) is 55.5 Å². The van der Waals surface area contributed by atoms with Crippen LogP contribution in [0, 0.1) is 5.92 Å². The highest BCUT2D eigenvalue weighted by Gasteiger charge is 2.17. The zero-order valence-corrected chi connectivity index (χ0v) is 11.6. The minimum atomic E-state index is 0.555. The molecule has 4 rings (SSSR count). The highest BCUT2D eigenvalue weighted by molar-refractivity contribution is 6.10. The molecule has 1 nitrogen and oxygen atoms in total. The standard InChI is InChI=1S/C19H17N/c1-14-8-2-5-11-17(14)20-18-12-6-3-9-15(18)16-10-4-7-13-19(16)20/h2-7,9-14H,8H2,1H3. The Hall–Kier alpha value is -2.28. The van der Waals surface area contributed by atoms with E-state index in [9.17, 15) is 0 Å². The van der Waals surface area contributed by atoms with Crippen molar-refractivity contribution in [3.8, 4) is 0 Å². The maximum absolute atomic E-state index is 2.43. The fourth-order valence-electron chi connectivity index (χ4n) is 3.23. The second-order valence-electron chi connectivity index (χ2n) is 5.53. The first-order chi connectivity index (χ1) is 9.86. The summed E-state index contributed by atoms with van der Waals surface area (Å²) >= 11 is 0. The van der Waals surface area contributed by atoms with Gasteiger partial charge in [0.25, 0.3) is 0 Å². The molecule has 1 heteroatoms. The van der Waals surface area contributed by atoms with Gasteiger partial charge in [-0.25, -0.2) is 0 Å². The van der Waals surface area contributed by atoms with Crippen LogP contribution in [0.2, 0.25) is 0 Å². The molecule has 0 fully saturated rings. The molecule has 0 amide bonds. The lowest BCUT2D eigenvalue weighted by Gasteiger charge is -2.20. The number of benzene rings is 2. The summed E-state index contributed by atoms with van der Waals surface area (Å²) in [5, 5.41) is 2.68. The van der Waals surface area contributed by atoms with Gasteiger partial charge in [0.15, 0.2) is 0 Å². The number of allylic oxidation sites excluding steroid dienone is 4. The number of nitrogens with zero attached hydrogens (tertiary/aromatic N) is 1. The molecular weight excluding hydrogens is 242 g/mol. The fraction of sp³-hybridized carbons (Fsp3) is 0.158. The van der Waals surface area contributed by atoms with Crippen molar-refractivity contribution in [3.63, 3.8) is 0 Å². The average molecular weight is 259 g/mol. The van der Waals surface area contributed by atoms with Crippen molar-refractivity contribution < 1.29 is 0 Å². The van der Waals surface area contributed by atoms with Crippen LogP contribution in [0.15, 0.2) is 66.8 Å². The normalized spacial score (nSPS) is 18.6. The Morgan fingerprint density at radius 2 is 1.50 bits per heavy atom. The lowest BCUT2D eigenvalue weighted by molar-refractivity contribution is 0.725. The van der Waals surface area contributed by atoms with E-state index < -0.39 is 0 Å². The van der Waals surface area contributed by atoms with Gasteiger partial charge in [-0.3, -0.25) is 0 Å². The number of aromatic nitrogens is 1. The Labute approximate surface area is 118 Å². The van der Waals surface area contributed by atoms with Crippen LogP contribution in [0.25, 0.3) is 27.5 Å². The van der Waals surface area contributed by atoms with E-state index in [1.54, 1.807) is 0 Å². The van der Waals surface area contributed by atoms with Crippen LogP contribution in [0.3, 0.4) is 0 Å². The molecule has 0 N–H and O–H groups in total. The summed E-state index contributed by atoms with van der Waals surface area (Å²) in [5.74, 6) is 0.555. The monoisotopic (exact) mass is 259 g/mol. The topological polar surface area (TPSA) is 4.93 Å². The van der Waals surface area contributed by atoms with E-state index in [0.717, 1.165) is 6.42 Å². The van der Waals surface area contributed by atoms with Crippen molar-refractivity contribution >= 4 is 27.5 Å². The Bertz CT molecular complexity index is 795. The van der Waals surface area contributed by atoms with E-state index in [0.29, 0.717) is 5.92 Å². The minimum Gasteiger partial charge on any atom is -0.313 e. The molecule has 1 heterocycles. The molecule has 20 heavy (non-hydrogen) atoms. The fourth-order valence-corrected chi connectivity index (χ4v) is 3.23. The van der Waals surface area contributed by atoms with E-state index in [1.165, 1.54) is 27.5 Å². The molecule has 1 unspecified atom stereocenters. The minimum absolute atomic E-state index is 0.555. The number of hydrogen-bond acceptors (Lipinski definition) is 0. The SMILES string of the molecule is CC1CC=CC=C1n1c2ccccc2c2ccccc21. The zero-order valence-electron chi connectivity index (χ0n) is 11.6. The van der Waals surface area contributed by atoms with Gasteiger partial charge in [-0.05, 0) is 24.6 Å². The molecule has 1 atom stereocenters. The molecular formula is C19H17N. The Kier molecular flexibility index (Phi) is 2.53. The van der Waals surface area contributed by atoms with Crippen molar-refractivity contribution in [2.24, 2.45) is 5.92 Å². The molecule has 98 valence electrons. The van der Waals surface area contributed by atoms with Gasteiger partial charge in [0.1, 0.15) is 0 Å². The highest BCUT2D eigenvalue weighted by atomic mass is 15.0. The molecule has 0 spiro atoms. The number of hydrogen-bond donors (Lipinski definition) is 0. The second kappa shape index (κ2) is 4.38. The molecule has 1 aromatic heterocycles. The number of rotatable bonds is 1. The zero-order chi connectivity index (χ0) is 13.5. The van der Waals surface area contributed by atoms with Crippen LogP contribution in [-0.2, 0) is 0 Å². The Morgan fingerprint density at radius 3 is 2.10 bits per heavy atom. The van der Waals surface area contributed by atoms with Gasteiger partial charge >= 0.3 is 0 Å². The molecule has 1 aliphatic carbocycles. The van der Waals surface area contributed by atoms with Crippen molar-refractivity contribution in [2.45, 2.75) is 13.3 Å². The van der Waals surface area contributed by atoms with E-state index in [4.69, 9.17) is 0 Å². The predicted octanol–water partition coefficient (Wildman–Crippen LogP) is 5.23. The third-order valence-electron chi connectivity index (χ3n) is 4.24. The van der Waals surface area contributed by atoms with Crippen LogP contribution in [0.4, 0.5) is 0 Å². The van der Waals surface area contributed by atoms with Crippen LogP contribution in [0.5, 0.6) is 0 Å². The third kappa shape index (κ3) is 1.56. The van der Waals surface area contributed by atoms with Crippen LogP contribution >= 0.6 is 0 Å². The summed E-state index contributed by atoms with van der Waals surface area (Å²) in [6.45, 7) is 2.30. The molecule has 0 bridgehead atoms. The summed E-state index contributed by atoms with van der Waals surface area (Å²) in [5.41, 5.74) is 4.01. The summed E-state index contributed by atoms with van der Waals surface area (Å²) in [6, 6.07) is 17.4. The molecule has 2 aromatic carbocycles. The van der Waals surface area contributed by atoms with E-state index in [1.807, 2.05) is 0 Å². The quantitative estimate of drug-likeness (QED) is 0.564. The first kappa shape index (κ1) is 11.5. The van der Waals surface area contributed by atoms with Gasteiger partial charge in [-0.15, -0.1) is 0 Å². The van der Waals surface area contributed by atoms with Crippen LogP contribution < -0.4 is 0 Å². The van der Waals surface area contributed by atoms with Gasteiger partial charge in [0.05, 0.1) is 11.0 Å². The van der Waals surface area contributed by atoms with Crippen LogP contribution in [-0.4, -0.2) is 4.57 Å². The van der Waals surface area contributed by atoms with Crippen molar-refractivity contribution in [3.05, 3.63) is 66.8 Å². The number of fused-ring (bicyclic) bond motifs is 3. The first-order valence-electron chi connectivity index (χ1n) is 7.21. The largest absolute Gasteiger partial charge is 0.313 e. The molecule has 3 aromatic rings. The summed E-state index contributed by atoms with van der Waals surface area (Å²) in [6.07, 6.45) is 7.81. The van der Waals surface area contributed by atoms with E-state index >= 15 is 0 Å². The van der Waals surface area contributed by atoms with Crippen molar-refractivity contribution in [1.82, 2.24) is 4.57 Å². The maximum atomic E-state index is 2.43. The summed E-state index contributed by atoms with van der Waals surface area (Å²) in [7, 11) is 0. The van der Waals surface area contributed by atoms with Gasteiger partial charge in [0, 0.05) is 22.4 Å². The smallest absolute Gasteiger partial charge is 0.0537 e.